The molecule has 0 fully saturated rings. The zero-order valence-electron chi connectivity index (χ0n) is 6.16. The van der Waals surface area contributed by atoms with Gasteiger partial charge in [0.2, 0.25) is 0 Å². The first kappa shape index (κ1) is 9.39. The minimum atomic E-state index is -0.972. The standard InChI is InChI=1S/C6H12O4/c1-3-9-4-10-5(2)6(7)8/h5H,3-4H2,1-2H3,(H,7,8)/t5-/m0/s1. The topological polar surface area (TPSA) is 55.8 Å². The maximum Gasteiger partial charge on any atom is 0.332 e. The molecule has 0 aromatic heterocycles. The Bertz CT molecular complexity index is 102. The number of hydrogen-bond acceptors (Lipinski definition) is 3. The lowest BCUT2D eigenvalue weighted by Crippen LogP contribution is -2.21. The maximum absolute atomic E-state index is 10.1. The Morgan fingerprint density at radius 2 is 2.30 bits per heavy atom. The molecule has 0 bridgehead atoms. The average Bonchev–Trinajstić information content (AvgIpc) is 1.88. The minimum absolute atomic E-state index is 0.0456. The van der Waals surface area contributed by atoms with Crippen molar-refractivity contribution in [3.05, 3.63) is 0 Å². The van der Waals surface area contributed by atoms with Crippen LogP contribution in [-0.2, 0) is 14.3 Å². The highest BCUT2D eigenvalue weighted by Gasteiger charge is 2.09. The summed E-state index contributed by atoms with van der Waals surface area (Å²) in [4.78, 5) is 10.1. The molecular formula is C6H12O4. The first-order valence-corrected chi connectivity index (χ1v) is 3.10. The first-order valence-electron chi connectivity index (χ1n) is 3.10. The molecule has 0 aliphatic rings. The van der Waals surface area contributed by atoms with Gasteiger partial charge in [-0.05, 0) is 13.8 Å². The summed E-state index contributed by atoms with van der Waals surface area (Å²) in [5, 5.41) is 8.30. The predicted octanol–water partition coefficient (Wildman–Crippen LogP) is 0.470. The van der Waals surface area contributed by atoms with Gasteiger partial charge in [0.05, 0.1) is 0 Å². The van der Waals surface area contributed by atoms with Gasteiger partial charge >= 0.3 is 5.97 Å². The van der Waals surface area contributed by atoms with Gasteiger partial charge in [-0.2, -0.15) is 0 Å². The van der Waals surface area contributed by atoms with Crippen molar-refractivity contribution in [1.29, 1.82) is 0 Å². The molecule has 0 aromatic rings. The van der Waals surface area contributed by atoms with E-state index in [4.69, 9.17) is 14.6 Å². The number of ether oxygens (including phenoxy) is 2. The third-order valence-electron chi connectivity index (χ3n) is 0.953. The molecule has 0 radical (unpaired) electrons. The van der Waals surface area contributed by atoms with Crippen LogP contribution in [0.15, 0.2) is 0 Å². The molecule has 0 unspecified atom stereocenters. The largest absolute Gasteiger partial charge is 0.479 e. The number of carboxylic acid groups (broad SMARTS) is 1. The van der Waals surface area contributed by atoms with Crippen molar-refractivity contribution in [2.75, 3.05) is 13.4 Å². The highest BCUT2D eigenvalue weighted by molar-refractivity contribution is 5.71. The van der Waals surface area contributed by atoms with Gasteiger partial charge in [-0.3, -0.25) is 0 Å². The zero-order chi connectivity index (χ0) is 7.98. The van der Waals surface area contributed by atoms with Crippen molar-refractivity contribution in [1.82, 2.24) is 0 Å². The molecule has 4 heteroatoms. The summed E-state index contributed by atoms with van der Waals surface area (Å²) < 4.78 is 9.49. The quantitative estimate of drug-likeness (QED) is 0.455. The van der Waals surface area contributed by atoms with Crippen LogP contribution in [-0.4, -0.2) is 30.6 Å². The van der Waals surface area contributed by atoms with Crippen LogP contribution in [0.5, 0.6) is 0 Å². The first-order chi connectivity index (χ1) is 4.68. The molecule has 10 heavy (non-hydrogen) atoms. The lowest BCUT2D eigenvalue weighted by Gasteiger charge is -2.06. The fourth-order valence-corrected chi connectivity index (χ4v) is 0.305. The molecular weight excluding hydrogens is 136 g/mol. The van der Waals surface area contributed by atoms with Crippen LogP contribution in [0.4, 0.5) is 0 Å². The smallest absolute Gasteiger partial charge is 0.332 e. The van der Waals surface area contributed by atoms with Crippen LogP contribution in [0.2, 0.25) is 0 Å². The van der Waals surface area contributed by atoms with Gasteiger partial charge in [0.15, 0.2) is 6.10 Å². The summed E-state index contributed by atoms with van der Waals surface area (Å²) in [6, 6.07) is 0. The lowest BCUT2D eigenvalue weighted by atomic mass is 10.4. The fourth-order valence-electron chi connectivity index (χ4n) is 0.305. The second kappa shape index (κ2) is 5.20. The van der Waals surface area contributed by atoms with Crippen molar-refractivity contribution >= 4 is 5.97 Å². The van der Waals surface area contributed by atoms with Crippen LogP contribution >= 0.6 is 0 Å². The Labute approximate surface area is 59.7 Å². The van der Waals surface area contributed by atoms with E-state index in [0.717, 1.165) is 0 Å². The van der Waals surface area contributed by atoms with E-state index in [1.54, 1.807) is 0 Å². The lowest BCUT2D eigenvalue weighted by molar-refractivity contribution is -0.158. The molecule has 0 aromatic carbocycles. The molecule has 60 valence electrons. The Morgan fingerprint density at radius 1 is 1.70 bits per heavy atom. The van der Waals surface area contributed by atoms with Gasteiger partial charge in [-0.1, -0.05) is 0 Å². The molecule has 0 aliphatic heterocycles. The molecule has 0 rings (SSSR count). The van der Waals surface area contributed by atoms with E-state index in [1.807, 2.05) is 6.92 Å². The van der Waals surface area contributed by atoms with E-state index in [1.165, 1.54) is 6.92 Å². The van der Waals surface area contributed by atoms with Gasteiger partial charge in [0.1, 0.15) is 6.79 Å². The van der Waals surface area contributed by atoms with E-state index < -0.39 is 12.1 Å². The Morgan fingerprint density at radius 3 is 2.70 bits per heavy atom. The van der Waals surface area contributed by atoms with Crippen molar-refractivity contribution in [3.8, 4) is 0 Å². The zero-order valence-corrected chi connectivity index (χ0v) is 6.16. The number of hydrogen-bond donors (Lipinski definition) is 1. The van der Waals surface area contributed by atoms with Crippen molar-refractivity contribution < 1.29 is 19.4 Å². The summed E-state index contributed by atoms with van der Waals surface area (Å²) in [6.07, 6.45) is -0.786. The third kappa shape index (κ3) is 4.29. The Balaban J connectivity index is 3.21. The van der Waals surface area contributed by atoms with Crippen LogP contribution in [0.25, 0.3) is 0 Å². The molecule has 4 nitrogen and oxygen atoms in total. The average molecular weight is 148 g/mol. The summed E-state index contributed by atoms with van der Waals surface area (Å²) in [6.45, 7) is 3.85. The second-order valence-electron chi connectivity index (χ2n) is 1.76. The minimum Gasteiger partial charge on any atom is -0.479 e. The van der Waals surface area contributed by atoms with Crippen molar-refractivity contribution in [2.24, 2.45) is 0 Å². The number of carbonyl (C=O) groups is 1. The van der Waals surface area contributed by atoms with Gasteiger partial charge < -0.3 is 14.6 Å². The van der Waals surface area contributed by atoms with Crippen LogP contribution < -0.4 is 0 Å². The molecule has 0 spiro atoms. The molecule has 0 saturated heterocycles. The van der Waals surface area contributed by atoms with Crippen LogP contribution in [0, 0.1) is 0 Å². The number of aliphatic carboxylic acids is 1. The summed E-state index contributed by atoms with van der Waals surface area (Å²) >= 11 is 0. The van der Waals surface area contributed by atoms with Crippen LogP contribution in [0.3, 0.4) is 0 Å². The monoisotopic (exact) mass is 148 g/mol. The van der Waals surface area contributed by atoms with Gasteiger partial charge in [0, 0.05) is 6.61 Å². The maximum atomic E-state index is 10.1. The molecule has 0 amide bonds. The Hall–Kier alpha value is -0.610. The predicted molar refractivity (Wildman–Crippen MR) is 34.7 cm³/mol. The van der Waals surface area contributed by atoms with Gasteiger partial charge in [-0.25, -0.2) is 4.79 Å². The highest BCUT2D eigenvalue weighted by Crippen LogP contribution is 1.89. The summed E-state index contributed by atoms with van der Waals surface area (Å²) in [5.74, 6) is -0.972. The normalized spacial score (nSPS) is 13.0. The number of rotatable bonds is 5. The number of carboxylic acids is 1. The summed E-state index contributed by atoms with van der Waals surface area (Å²) in [7, 11) is 0. The second-order valence-corrected chi connectivity index (χ2v) is 1.76. The van der Waals surface area contributed by atoms with E-state index in [9.17, 15) is 4.79 Å². The molecule has 0 saturated carbocycles. The van der Waals surface area contributed by atoms with E-state index in [0.29, 0.717) is 6.61 Å². The highest BCUT2D eigenvalue weighted by atomic mass is 16.7. The Kier molecular flexibility index (Phi) is 4.88. The SMILES string of the molecule is CCOCO[C@@H](C)C(=O)O. The van der Waals surface area contributed by atoms with Gasteiger partial charge in [0.25, 0.3) is 0 Å². The molecule has 0 heterocycles. The van der Waals surface area contributed by atoms with E-state index >= 15 is 0 Å². The third-order valence-corrected chi connectivity index (χ3v) is 0.953. The molecule has 1 N–H and O–H groups in total. The van der Waals surface area contributed by atoms with E-state index in [-0.39, 0.29) is 6.79 Å². The molecule has 1 atom stereocenters. The van der Waals surface area contributed by atoms with Gasteiger partial charge in [-0.15, -0.1) is 0 Å². The molecule has 0 aliphatic carbocycles. The van der Waals surface area contributed by atoms with Crippen LogP contribution in [0.1, 0.15) is 13.8 Å². The van der Waals surface area contributed by atoms with Crippen molar-refractivity contribution in [3.63, 3.8) is 0 Å². The van der Waals surface area contributed by atoms with Crippen molar-refractivity contribution in [2.45, 2.75) is 20.0 Å². The van der Waals surface area contributed by atoms with E-state index in [2.05, 4.69) is 0 Å². The summed E-state index contributed by atoms with van der Waals surface area (Å²) in [5.41, 5.74) is 0. The fraction of sp³-hybridized carbons (Fsp3) is 0.833.